The van der Waals surface area contributed by atoms with Gasteiger partial charge in [-0.1, -0.05) is 78.8 Å². The zero-order valence-corrected chi connectivity index (χ0v) is 28.2. The van der Waals surface area contributed by atoms with E-state index in [1.54, 1.807) is 43.4 Å². The van der Waals surface area contributed by atoms with Crippen LogP contribution in [-0.2, 0) is 0 Å². The molecular weight excluding hydrogens is 552 g/mol. The van der Waals surface area contributed by atoms with Crippen LogP contribution in [0.4, 0.5) is 0 Å². The van der Waals surface area contributed by atoms with Gasteiger partial charge in [-0.05, 0) is 110 Å². The van der Waals surface area contributed by atoms with Gasteiger partial charge in [0, 0.05) is 12.5 Å². The zero-order chi connectivity index (χ0) is 34.3. The largest absolute Gasteiger partial charge is 0.516 e. The van der Waals surface area contributed by atoms with Crippen molar-refractivity contribution in [2.75, 3.05) is 0 Å². The predicted octanol–water partition coefficient (Wildman–Crippen LogP) is 12.2. The molecule has 0 bridgehead atoms. The Bertz CT molecular complexity index is 1150. The van der Waals surface area contributed by atoms with Crippen molar-refractivity contribution < 1.29 is 30.6 Å². The summed E-state index contributed by atoms with van der Waals surface area (Å²) in [6.45, 7) is 19.0. The summed E-state index contributed by atoms with van der Waals surface area (Å²) in [6, 6.07) is 0. The lowest BCUT2D eigenvalue weighted by atomic mass is 9.87. The van der Waals surface area contributed by atoms with Crippen molar-refractivity contribution in [3.63, 3.8) is 0 Å². The third-order valence-electron chi connectivity index (χ3n) is 5.48. The molecule has 6 nitrogen and oxygen atoms in total. The summed E-state index contributed by atoms with van der Waals surface area (Å²) in [6.07, 6.45) is 26.8. The third kappa shape index (κ3) is 21.4. The Labute approximate surface area is 267 Å². The molecule has 0 saturated heterocycles. The van der Waals surface area contributed by atoms with E-state index >= 15 is 0 Å². The molecule has 0 atom stereocenters. The van der Waals surface area contributed by atoms with Gasteiger partial charge in [0.2, 0.25) is 0 Å². The second kappa shape index (κ2) is 30.1. The summed E-state index contributed by atoms with van der Waals surface area (Å²) >= 11 is 0. The lowest BCUT2D eigenvalue weighted by molar-refractivity contribution is 0.395. The minimum Gasteiger partial charge on any atom is -0.516 e. The average Bonchev–Trinajstić information content (AvgIpc) is 3.20. The molecule has 0 aliphatic heterocycles. The van der Waals surface area contributed by atoms with Gasteiger partial charge in [-0.25, -0.2) is 0 Å². The highest BCUT2D eigenvalue weighted by atomic mass is 16.3. The zero-order valence-electron chi connectivity index (χ0n) is 28.2. The van der Waals surface area contributed by atoms with Crippen LogP contribution in [0.1, 0.15) is 93.9 Å². The van der Waals surface area contributed by atoms with E-state index in [0.717, 1.165) is 47.8 Å². The summed E-state index contributed by atoms with van der Waals surface area (Å²) < 4.78 is 0. The molecule has 0 amide bonds. The molecule has 0 saturated carbocycles. The van der Waals surface area contributed by atoms with E-state index in [0.29, 0.717) is 12.8 Å². The smallest absolute Gasteiger partial charge is 0.118 e. The molecule has 6 N–H and O–H groups in total. The molecule has 1 aliphatic rings. The highest BCUT2D eigenvalue weighted by Gasteiger charge is 2.15. The monoisotopic (exact) mass is 610 g/mol. The number of aliphatic hydroxyl groups is 6. The maximum atomic E-state index is 10.2. The molecule has 0 aromatic carbocycles. The molecule has 1 aliphatic carbocycles. The van der Waals surface area contributed by atoms with Gasteiger partial charge in [0.15, 0.2) is 0 Å². The SMILES string of the molecule is C=C/C(O)=C\C(O)=C/C.CC.CC.C\C=C/C(=C\C=C\O)C(/CCC)=C(\CC/C=C\C(O)=C/CC)C1=CC(O)=CCC(O)=C1. The molecule has 0 aromatic heterocycles. The summed E-state index contributed by atoms with van der Waals surface area (Å²) in [5.74, 6) is 0.554. The first-order valence-corrected chi connectivity index (χ1v) is 15.5. The lowest BCUT2D eigenvalue weighted by Gasteiger charge is -2.18. The van der Waals surface area contributed by atoms with Gasteiger partial charge in [-0.3, -0.25) is 0 Å². The molecule has 0 unspecified atom stereocenters. The van der Waals surface area contributed by atoms with Crippen LogP contribution in [0.15, 0.2) is 143 Å². The summed E-state index contributed by atoms with van der Waals surface area (Å²) in [7, 11) is 0. The highest BCUT2D eigenvalue weighted by Crippen LogP contribution is 2.32. The first kappa shape index (κ1) is 44.1. The van der Waals surface area contributed by atoms with Gasteiger partial charge >= 0.3 is 0 Å². The number of allylic oxidation sites excluding steroid dienone is 17. The fourth-order valence-electron chi connectivity index (χ4n) is 3.66. The molecule has 0 fully saturated rings. The van der Waals surface area contributed by atoms with Gasteiger partial charge in [0.1, 0.15) is 23.0 Å². The normalized spacial score (nSPS) is 15.0. The Morgan fingerprint density at radius 1 is 0.909 bits per heavy atom. The quantitative estimate of drug-likeness (QED) is 0.0911. The van der Waals surface area contributed by atoms with E-state index in [4.69, 9.17) is 15.3 Å². The minimum absolute atomic E-state index is 0.0346. The second-order valence-electron chi connectivity index (χ2n) is 8.70. The average molecular weight is 611 g/mol. The maximum Gasteiger partial charge on any atom is 0.118 e. The highest BCUT2D eigenvalue weighted by molar-refractivity contribution is 5.55. The molecule has 0 heterocycles. The van der Waals surface area contributed by atoms with E-state index in [1.807, 2.05) is 65.8 Å². The van der Waals surface area contributed by atoms with E-state index < -0.39 is 0 Å². The summed E-state index contributed by atoms with van der Waals surface area (Å²) in [5.41, 5.74) is 3.82. The molecular formula is C38H58O6. The van der Waals surface area contributed by atoms with E-state index in [2.05, 4.69) is 13.5 Å². The number of hydrogen-bond acceptors (Lipinski definition) is 6. The van der Waals surface area contributed by atoms with Gasteiger partial charge < -0.3 is 30.6 Å². The van der Waals surface area contributed by atoms with Crippen LogP contribution < -0.4 is 0 Å². The Balaban J connectivity index is -0.00000109. The summed E-state index contributed by atoms with van der Waals surface area (Å²) in [5, 5.41) is 56.9. The first-order valence-electron chi connectivity index (χ1n) is 15.5. The number of aliphatic hydroxyl groups excluding tert-OH is 6. The Morgan fingerprint density at radius 3 is 2.09 bits per heavy atom. The van der Waals surface area contributed by atoms with Crippen molar-refractivity contribution in [2.24, 2.45) is 0 Å². The van der Waals surface area contributed by atoms with E-state index in [1.165, 1.54) is 18.2 Å². The standard InChI is InChI=1S/C27H36O4.C7H10O2.2C2H6/c1-4-10-21(13-9-18-28)26(12-6-3)27(15-8-7-14-23(29)11-5-2)22-19-24(30)16-17-25(31)20-22;1-3-6(8)5-7(9)4-2;2*1-2/h4,7,9-11,13-14,16,18-20,28-31H,5-6,8,12,15,17H2,1-3H3;3-5,8-9H,1H2,2H3;2*1-2H3/b10-4-,14-7-,18-9+,21-13+,23-11+,27-26+;6-5+,7-4+;;. The molecule has 6 heteroatoms. The lowest BCUT2D eigenvalue weighted by Crippen LogP contribution is -2.00. The van der Waals surface area contributed by atoms with Gasteiger partial charge in [0.25, 0.3) is 0 Å². The maximum absolute atomic E-state index is 10.2. The van der Waals surface area contributed by atoms with Crippen molar-refractivity contribution in [1.82, 2.24) is 0 Å². The van der Waals surface area contributed by atoms with Crippen LogP contribution in [0.5, 0.6) is 0 Å². The fourth-order valence-corrected chi connectivity index (χ4v) is 3.66. The molecule has 0 radical (unpaired) electrons. The molecule has 1 rings (SSSR count). The second-order valence-corrected chi connectivity index (χ2v) is 8.70. The van der Waals surface area contributed by atoms with Crippen LogP contribution in [0.25, 0.3) is 0 Å². The van der Waals surface area contributed by atoms with Crippen LogP contribution in [0.3, 0.4) is 0 Å². The van der Waals surface area contributed by atoms with Crippen LogP contribution in [0.2, 0.25) is 0 Å². The molecule has 44 heavy (non-hydrogen) atoms. The van der Waals surface area contributed by atoms with Gasteiger partial charge in [0.05, 0.1) is 12.0 Å². The predicted molar refractivity (Wildman–Crippen MR) is 190 cm³/mol. The minimum atomic E-state index is -0.0365. The molecule has 246 valence electrons. The van der Waals surface area contributed by atoms with Crippen molar-refractivity contribution in [2.45, 2.75) is 93.9 Å². The van der Waals surface area contributed by atoms with E-state index in [9.17, 15) is 15.3 Å². The number of rotatable bonds is 13. The van der Waals surface area contributed by atoms with E-state index in [-0.39, 0.29) is 35.2 Å². The Kier molecular flexibility index (Phi) is 30.2. The van der Waals surface area contributed by atoms with Crippen molar-refractivity contribution in [3.05, 3.63) is 143 Å². The fraction of sp³-hybridized carbons (Fsp3) is 0.368. The molecule has 0 spiro atoms. The number of hydrogen-bond donors (Lipinski definition) is 6. The van der Waals surface area contributed by atoms with Gasteiger partial charge in [-0.2, -0.15) is 0 Å². The Hall–Kier alpha value is -4.32. The van der Waals surface area contributed by atoms with Crippen molar-refractivity contribution in [1.29, 1.82) is 0 Å². The van der Waals surface area contributed by atoms with Crippen molar-refractivity contribution in [3.8, 4) is 0 Å². The summed E-state index contributed by atoms with van der Waals surface area (Å²) in [4.78, 5) is 0. The van der Waals surface area contributed by atoms with Crippen LogP contribution in [-0.4, -0.2) is 30.6 Å². The Morgan fingerprint density at radius 2 is 1.57 bits per heavy atom. The van der Waals surface area contributed by atoms with Gasteiger partial charge in [-0.15, -0.1) is 0 Å². The third-order valence-corrected chi connectivity index (χ3v) is 5.48. The molecule has 0 aromatic rings. The topological polar surface area (TPSA) is 121 Å². The van der Waals surface area contributed by atoms with Crippen LogP contribution >= 0.6 is 0 Å². The first-order chi connectivity index (χ1) is 21.2. The van der Waals surface area contributed by atoms with Crippen LogP contribution in [0, 0.1) is 0 Å². The van der Waals surface area contributed by atoms with Crippen molar-refractivity contribution >= 4 is 0 Å².